The van der Waals surface area contributed by atoms with E-state index in [1.54, 1.807) is 44.7 Å². The second-order valence-corrected chi connectivity index (χ2v) is 12.7. The Balaban J connectivity index is 2.10. The van der Waals surface area contributed by atoms with E-state index in [0.717, 1.165) is 35.4 Å². The molecule has 0 aliphatic heterocycles. The topological polar surface area (TPSA) is 117 Å². The lowest BCUT2D eigenvalue weighted by Gasteiger charge is -2.26. The predicted molar refractivity (Wildman–Crippen MR) is 158 cm³/mol. The number of hydrogen-bond acceptors (Lipinski definition) is 6. The fraction of sp³-hybridized carbons (Fsp3) is 0.700. The minimum atomic E-state index is -0.960. The molecule has 0 spiro atoms. The summed E-state index contributed by atoms with van der Waals surface area (Å²) in [7, 11) is 0. The van der Waals surface area contributed by atoms with E-state index in [0.29, 0.717) is 18.7 Å². The summed E-state index contributed by atoms with van der Waals surface area (Å²) >= 11 is 1.61. The number of hydrogen-bond donors (Lipinski definition) is 4. The van der Waals surface area contributed by atoms with E-state index in [1.165, 1.54) is 32.1 Å². The lowest BCUT2D eigenvalue weighted by molar-refractivity contribution is -0.130. The minimum Gasteiger partial charge on any atom is -0.508 e. The molecule has 1 aliphatic rings. The van der Waals surface area contributed by atoms with Crippen molar-refractivity contribution in [3.05, 3.63) is 28.8 Å². The van der Waals surface area contributed by atoms with Gasteiger partial charge in [0, 0.05) is 13.0 Å². The lowest BCUT2D eigenvalue weighted by Crippen LogP contribution is -2.55. The number of ether oxygens (including phenoxy) is 1. The maximum atomic E-state index is 13.5. The summed E-state index contributed by atoms with van der Waals surface area (Å²) in [6.07, 6.45) is 10.5. The van der Waals surface area contributed by atoms with Crippen molar-refractivity contribution in [2.45, 2.75) is 110 Å². The van der Waals surface area contributed by atoms with Gasteiger partial charge in [-0.05, 0) is 101 Å². The maximum absolute atomic E-state index is 13.5. The zero-order valence-electron chi connectivity index (χ0n) is 24.7. The van der Waals surface area contributed by atoms with Crippen LogP contribution >= 0.6 is 11.8 Å². The Morgan fingerprint density at radius 1 is 1.03 bits per heavy atom. The molecule has 2 rings (SSSR count). The Kier molecular flexibility index (Phi) is 13.4. The van der Waals surface area contributed by atoms with E-state index in [-0.39, 0.29) is 18.1 Å². The van der Waals surface area contributed by atoms with Gasteiger partial charge in [0.2, 0.25) is 11.8 Å². The molecule has 1 fully saturated rings. The van der Waals surface area contributed by atoms with Crippen LogP contribution in [0.3, 0.4) is 0 Å². The molecule has 1 saturated carbocycles. The molecule has 8 nitrogen and oxygen atoms in total. The summed E-state index contributed by atoms with van der Waals surface area (Å²) in [6.45, 7) is 9.57. The molecule has 39 heavy (non-hydrogen) atoms. The summed E-state index contributed by atoms with van der Waals surface area (Å²) in [4.78, 5) is 39.3. The van der Waals surface area contributed by atoms with Crippen LogP contribution < -0.4 is 16.0 Å². The Bertz CT molecular complexity index is 933. The number of thioether (sulfide) groups is 1. The first-order valence-electron chi connectivity index (χ1n) is 14.2. The van der Waals surface area contributed by atoms with Gasteiger partial charge >= 0.3 is 6.09 Å². The summed E-state index contributed by atoms with van der Waals surface area (Å²) < 4.78 is 5.42. The van der Waals surface area contributed by atoms with Gasteiger partial charge in [0.25, 0.3) is 0 Å². The van der Waals surface area contributed by atoms with Gasteiger partial charge in [0.05, 0.1) is 0 Å². The molecule has 0 aromatic heterocycles. The Morgan fingerprint density at radius 3 is 2.26 bits per heavy atom. The standard InChI is InChI=1S/C30H49N3O5S/c1-20-17-23(34)18-21(2)24(20)19-26(33-29(37)38-30(3,4)5)28(36)32-25(14-16-39-6)27(35)31-15-10-13-22-11-8-7-9-12-22/h17-18,22,25-26,34H,7-16,19H2,1-6H3,(H,31,35)(H,32,36)(H,33,37)/t25-,26?/m1/s1. The lowest BCUT2D eigenvalue weighted by atomic mass is 9.86. The van der Waals surface area contributed by atoms with E-state index in [4.69, 9.17) is 4.74 Å². The maximum Gasteiger partial charge on any atom is 0.408 e. The Labute approximate surface area is 238 Å². The fourth-order valence-corrected chi connectivity index (χ4v) is 5.61. The van der Waals surface area contributed by atoms with Crippen LogP contribution in [0.2, 0.25) is 0 Å². The first-order chi connectivity index (χ1) is 18.4. The summed E-state index contributed by atoms with van der Waals surface area (Å²) in [5, 5.41) is 18.6. The molecular weight excluding hydrogens is 514 g/mol. The van der Waals surface area contributed by atoms with Crippen LogP contribution in [0.1, 0.15) is 88.8 Å². The molecule has 1 unspecified atom stereocenters. The average Bonchev–Trinajstić information content (AvgIpc) is 2.85. The molecule has 0 bridgehead atoms. The van der Waals surface area contributed by atoms with Crippen LogP contribution in [0.25, 0.3) is 0 Å². The smallest absolute Gasteiger partial charge is 0.408 e. The monoisotopic (exact) mass is 563 g/mol. The third kappa shape index (κ3) is 12.1. The second-order valence-electron chi connectivity index (χ2n) is 11.7. The largest absolute Gasteiger partial charge is 0.508 e. The number of aromatic hydroxyl groups is 1. The third-order valence-electron chi connectivity index (χ3n) is 7.15. The van der Waals surface area contributed by atoms with Crippen molar-refractivity contribution in [2.24, 2.45) is 5.92 Å². The van der Waals surface area contributed by atoms with E-state index in [1.807, 2.05) is 20.1 Å². The quantitative estimate of drug-likeness (QED) is 0.246. The van der Waals surface area contributed by atoms with Crippen LogP contribution in [0.4, 0.5) is 4.79 Å². The van der Waals surface area contributed by atoms with Crippen LogP contribution in [-0.4, -0.2) is 59.3 Å². The zero-order chi connectivity index (χ0) is 29.0. The van der Waals surface area contributed by atoms with E-state index in [9.17, 15) is 19.5 Å². The van der Waals surface area contributed by atoms with Gasteiger partial charge in [-0.3, -0.25) is 9.59 Å². The van der Waals surface area contributed by atoms with Crippen LogP contribution in [0.5, 0.6) is 5.75 Å². The molecule has 9 heteroatoms. The number of nitrogens with one attached hydrogen (secondary N) is 3. The molecule has 1 aromatic rings. The van der Waals surface area contributed by atoms with Gasteiger partial charge in [-0.1, -0.05) is 32.1 Å². The number of amides is 3. The van der Waals surface area contributed by atoms with Gasteiger partial charge in [-0.2, -0.15) is 11.8 Å². The van der Waals surface area contributed by atoms with Gasteiger partial charge in [0.15, 0.2) is 0 Å². The highest BCUT2D eigenvalue weighted by atomic mass is 32.2. The number of phenols is 1. The van der Waals surface area contributed by atoms with Crippen LogP contribution in [0, 0.1) is 19.8 Å². The Morgan fingerprint density at radius 2 is 1.67 bits per heavy atom. The number of benzene rings is 1. The van der Waals surface area contributed by atoms with Crippen molar-refractivity contribution in [2.75, 3.05) is 18.6 Å². The van der Waals surface area contributed by atoms with Gasteiger partial charge in [0.1, 0.15) is 23.4 Å². The van der Waals surface area contributed by atoms with Gasteiger partial charge < -0.3 is 25.8 Å². The molecule has 0 radical (unpaired) electrons. The number of phenolic OH excluding ortho intramolecular Hbond substituents is 1. The van der Waals surface area contributed by atoms with Crippen LogP contribution in [0.15, 0.2) is 12.1 Å². The van der Waals surface area contributed by atoms with Crippen molar-refractivity contribution in [3.8, 4) is 5.75 Å². The van der Waals surface area contributed by atoms with Gasteiger partial charge in [-0.25, -0.2) is 4.79 Å². The van der Waals surface area contributed by atoms with Crippen LogP contribution in [-0.2, 0) is 20.7 Å². The Hall–Kier alpha value is -2.42. The van der Waals surface area contributed by atoms with Crippen molar-refractivity contribution in [1.29, 1.82) is 0 Å². The van der Waals surface area contributed by atoms with E-state index >= 15 is 0 Å². The fourth-order valence-electron chi connectivity index (χ4n) is 5.13. The van der Waals surface area contributed by atoms with Crippen molar-refractivity contribution in [1.82, 2.24) is 16.0 Å². The number of carbonyl (C=O) groups is 3. The average molecular weight is 564 g/mol. The SMILES string of the molecule is CSCC[C@@H](NC(=O)C(Cc1c(C)cc(O)cc1C)NC(=O)OC(C)(C)C)C(=O)NCCCC1CCCCC1. The number of alkyl carbamates (subject to hydrolysis) is 1. The van der Waals surface area contributed by atoms with Crippen molar-refractivity contribution < 1.29 is 24.2 Å². The van der Waals surface area contributed by atoms with Crippen molar-refractivity contribution >= 4 is 29.7 Å². The molecule has 1 aliphatic carbocycles. The molecule has 0 heterocycles. The normalized spacial score (nSPS) is 15.7. The third-order valence-corrected chi connectivity index (χ3v) is 7.80. The summed E-state index contributed by atoms with van der Waals surface area (Å²) in [6, 6.07) is 1.60. The first kappa shape index (κ1) is 32.8. The highest BCUT2D eigenvalue weighted by molar-refractivity contribution is 7.98. The molecular formula is C30H49N3O5S. The zero-order valence-corrected chi connectivity index (χ0v) is 25.5. The molecule has 3 amide bonds. The highest BCUT2D eigenvalue weighted by Crippen LogP contribution is 2.27. The van der Waals surface area contributed by atoms with Crippen molar-refractivity contribution in [3.63, 3.8) is 0 Å². The van der Waals surface area contributed by atoms with Gasteiger partial charge in [-0.15, -0.1) is 0 Å². The highest BCUT2D eigenvalue weighted by Gasteiger charge is 2.29. The molecule has 0 saturated heterocycles. The number of aryl methyl sites for hydroxylation is 2. The molecule has 1 aromatic carbocycles. The molecule has 2 atom stereocenters. The number of rotatable bonds is 13. The second kappa shape index (κ2) is 16.0. The first-order valence-corrected chi connectivity index (χ1v) is 15.6. The predicted octanol–water partition coefficient (Wildman–Crippen LogP) is 5.16. The molecule has 4 N–H and O–H groups in total. The summed E-state index contributed by atoms with van der Waals surface area (Å²) in [5.74, 6) is 0.965. The summed E-state index contributed by atoms with van der Waals surface area (Å²) in [5.41, 5.74) is 1.74. The van der Waals surface area contributed by atoms with E-state index in [2.05, 4.69) is 16.0 Å². The molecule has 220 valence electrons. The van der Waals surface area contributed by atoms with E-state index < -0.39 is 29.7 Å². The minimum absolute atomic E-state index is 0.146. The number of carbonyl (C=O) groups excluding carboxylic acids is 3.